The van der Waals surface area contributed by atoms with Crippen LogP contribution in [0.4, 0.5) is 5.69 Å². The SMILES string of the molecule is CN(C)S(=O)(=O)c1cc(NCC2CC2)cc(C(=O)N2CCC[C@@H](C(N)=O)C2)c1. The average molecular weight is 409 g/mol. The molecule has 2 fully saturated rings. The molecular formula is C19H28N4O4S. The van der Waals surface area contributed by atoms with Gasteiger partial charge in [0.05, 0.1) is 10.8 Å². The van der Waals surface area contributed by atoms with Gasteiger partial charge in [0, 0.05) is 45.0 Å². The summed E-state index contributed by atoms with van der Waals surface area (Å²) < 4.78 is 26.4. The molecule has 1 saturated carbocycles. The number of carbonyl (C=O) groups is 2. The Labute approximate surface area is 166 Å². The Hall–Kier alpha value is -2.13. The summed E-state index contributed by atoms with van der Waals surface area (Å²) in [6.07, 6.45) is 3.69. The second-order valence-electron chi connectivity index (χ2n) is 7.85. The Balaban J connectivity index is 1.90. The molecule has 9 heteroatoms. The minimum atomic E-state index is -3.68. The van der Waals surface area contributed by atoms with Crippen LogP contribution in [-0.2, 0) is 14.8 Å². The Morgan fingerprint density at radius 1 is 1.21 bits per heavy atom. The molecule has 0 bridgehead atoms. The molecule has 0 spiro atoms. The summed E-state index contributed by atoms with van der Waals surface area (Å²) in [5.74, 6) is -0.449. The van der Waals surface area contributed by atoms with Gasteiger partial charge in [-0.15, -0.1) is 0 Å². The molecule has 0 unspecified atom stereocenters. The molecule has 3 rings (SSSR count). The number of primary amides is 1. The maximum absolute atomic E-state index is 13.1. The number of hydrogen-bond donors (Lipinski definition) is 2. The fourth-order valence-electron chi connectivity index (χ4n) is 3.34. The van der Waals surface area contributed by atoms with E-state index in [2.05, 4.69) is 5.32 Å². The largest absolute Gasteiger partial charge is 0.385 e. The molecule has 1 aliphatic heterocycles. The van der Waals surface area contributed by atoms with Crippen molar-refractivity contribution < 1.29 is 18.0 Å². The molecule has 1 atom stereocenters. The standard InChI is InChI=1S/C19H28N4O4S/c1-22(2)28(26,27)17-9-15(8-16(10-17)21-11-13-5-6-13)19(25)23-7-3-4-14(12-23)18(20)24/h8-10,13-14,21H,3-7,11-12H2,1-2H3,(H2,20,24)/t14-/m1/s1. The molecule has 28 heavy (non-hydrogen) atoms. The normalized spacial score (nSPS) is 20.2. The van der Waals surface area contributed by atoms with Crippen LogP contribution in [-0.4, -0.2) is 63.2 Å². The van der Waals surface area contributed by atoms with Crippen LogP contribution in [0.1, 0.15) is 36.0 Å². The number of likely N-dealkylation sites (tertiary alicyclic amines) is 1. The van der Waals surface area contributed by atoms with Gasteiger partial charge >= 0.3 is 0 Å². The number of nitrogens with two attached hydrogens (primary N) is 1. The second-order valence-corrected chi connectivity index (χ2v) is 10.0. The van der Waals surface area contributed by atoms with Gasteiger partial charge in [-0.3, -0.25) is 9.59 Å². The summed E-state index contributed by atoms with van der Waals surface area (Å²) in [5.41, 5.74) is 6.32. The smallest absolute Gasteiger partial charge is 0.253 e. The van der Waals surface area contributed by atoms with Crippen molar-refractivity contribution in [3.8, 4) is 0 Å². The maximum Gasteiger partial charge on any atom is 0.253 e. The number of benzene rings is 1. The minimum absolute atomic E-state index is 0.0742. The van der Waals surface area contributed by atoms with Gasteiger partial charge in [0.2, 0.25) is 15.9 Å². The van der Waals surface area contributed by atoms with Crippen molar-refractivity contribution >= 4 is 27.5 Å². The number of rotatable bonds is 7. The van der Waals surface area contributed by atoms with E-state index < -0.39 is 15.9 Å². The molecule has 2 aliphatic rings. The predicted molar refractivity (Wildman–Crippen MR) is 106 cm³/mol. The van der Waals surface area contributed by atoms with Crippen molar-refractivity contribution in [2.45, 2.75) is 30.6 Å². The number of carbonyl (C=O) groups excluding carboxylic acids is 2. The van der Waals surface area contributed by atoms with E-state index in [0.29, 0.717) is 36.6 Å². The first-order valence-electron chi connectivity index (χ1n) is 9.58. The number of sulfonamides is 1. The van der Waals surface area contributed by atoms with Crippen molar-refractivity contribution in [1.82, 2.24) is 9.21 Å². The third-order valence-corrected chi connectivity index (χ3v) is 7.13. The van der Waals surface area contributed by atoms with Crippen molar-refractivity contribution in [2.75, 3.05) is 39.0 Å². The molecule has 8 nitrogen and oxygen atoms in total. The molecule has 1 saturated heterocycles. The molecule has 1 heterocycles. The first-order valence-corrected chi connectivity index (χ1v) is 11.0. The molecule has 3 N–H and O–H groups in total. The zero-order chi connectivity index (χ0) is 20.5. The van der Waals surface area contributed by atoms with Gasteiger partial charge in [-0.1, -0.05) is 0 Å². The van der Waals surface area contributed by atoms with Gasteiger partial charge in [-0.05, 0) is 49.8 Å². The zero-order valence-corrected chi connectivity index (χ0v) is 17.2. The van der Waals surface area contributed by atoms with Crippen LogP contribution in [0.2, 0.25) is 0 Å². The van der Waals surface area contributed by atoms with Crippen LogP contribution < -0.4 is 11.1 Å². The van der Waals surface area contributed by atoms with E-state index in [1.54, 1.807) is 17.0 Å². The molecule has 0 radical (unpaired) electrons. The van der Waals surface area contributed by atoms with Crippen LogP contribution in [0.15, 0.2) is 23.1 Å². The highest BCUT2D eigenvalue weighted by molar-refractivity contribution is 7.89. The highest BCUT2D eigenvalue weighted by Crippen LogP contribution is 2.30. The van der Waals surface area contributed by atoms with E-state index in [1.165, 1.54) is 20.2 Å². The summed E-state index contributed by atoms with van der Waals surface area (Å²) in [5, 5.41) is 3.26. The van der Waals surface area contributed by atoms with Gasteiger partial charge in [-0.25, -0.2) is 12.7 Å². The molecule has 1 aromatic rings. The number of nitrogens with one attached hydrogen (secondary N) is 1. The second kappa shape index (κ2) is 8.08. The van der Waals surface area contributed by atoms with Crippen LogP contribution in [0.3, 0.4) is 0 Å². The van der Waals surface area contributed by atoms with E-state index in [4.69, 9.17) is 5.73 Å². The van der Waals surface area contributed by atoms with Crippen LogP contribution in [0.25, 0.3) is 0 Å². The molecule has 1 aliphatic carbocycles. The lowest BCUT2D eigenvalue weighted by atomic mass is 9.97. The summed E-state index contributed by atoms with van der Waals surface area (Å²) in [6.45, 7) is 1.55. The van der Waals surface area contributed by atoms with Crippen LogP contribution in [0.5, 0.6) is 0 Å². The van der Waals surface area contributed by atoms with E-state index in [9.17, 15) is 18.0 Å². The van der Waals surface area contributed by atoms with Crippen molar-refractivity contribution in [3.63, 3.8) is 0 Å². The van der Waals surface area contributed by atoms with Gasteiger partial charge in [-0.2, -0.15) is 0 Å². The van der Waals surface area contributed by atoms with Gasteiger partial charge < -0.3 is 16.0 Å². The maximum atomic E-state index is 13.1. The average Bonchev–Trinajstić information content (AvgIpc) is 3.50. The molecule has 154 valence electrons. The third-order valence-electron chi connectivity index (χ3n) is 5.33. The first-order chi connectivity index (χ1) is 13.2. The summed E-state index contributed by atoms with van der Waals surface area (Å²) in [7, 11) is -0.762. The minimum Gasteiger partial charge on any atom is -0.385 e. The van der Waals surface area contributed by atoms with E-state index in [0.717, 1.165) is 23.7 Å². The Morgan fingerprint density at radius 3 is 2.54 bits per heavy atom. The van der Waals surface area contributed by atoms with Gasteiger partial charge in [0.25, 0.3) is 5.91 Å². The topological polar surface area (TPSA) is 113 Å². The van der Waals surface area contributed by atoms with E-state index in [-0.39, 0.29) is 23.3 Å². The number of nitrogens with zero attached hydrogens (tertiary/aromatic N) is 2. The Morgan fingerprint density at radius 2 is 1.93 bits per heavy atom. The Kier molecular flexibility index (Phi) is 5.95. The molecular weight excluding hydrogens is 380 g/mol. The fraction of sp³-hybridized carbons (Fsp3) is 0.579. The van der Waals surface area contributed by atoms with Gasteiger partial charge in [0.1, 0.15) is 0 Å². The monoisotopic (exact) mass is 408 g/mol. The molecule has 2 amide bonds. The highest BCUT2D eigenvalue weighted by Gasteiger charge is 2.29. The molecule has 1 aromatic carbocycles. The quantitative estimate of drug-likeness (QED) is 0.701. The number of anilines is 1. The zero-order valence-electron chi connectivity index (χ0n) is 16.3. The first kappa shape index (κ1) is 20.6. The highest BCUT2D eigenvalue weighted by atomic mass is 32.2. The Bertz CT molecular complexity index is 865. The number of amides is 2. The fourth-order valence-corrected chi connectivity index (χ4v) is 4.32. The third kappa shape index (κ3) is 4.64. The summed E-state index contributed by atoms with van der Waals surface area (Å²) >= 11 is 0. The lowest BCUT2D eigenvalue weighted by Gasteiger charge is -2.31. The van der Waals surface area contributed by atoms with Crippen molar-refractivity contribution in [3.05, 3.63) is 23.8 Å². The summed E-state index contributed by atoms with van der Waals surface area (Å²) in [6, 6.07) is 4.66. The van der Waals surface area contributed by atoms with Crippen molar-refractivity contribution in [2.24, 2.45) is 17.6 Å². The lowest BCUT2D eigenvalue weighted by Crippen LogP contribution is -2.44. The van der Waals surface area contributed by atoms with Gasteiger partial charge in [0.15, 0.2) is 0 Å². The van der Waals surface area contributed by atoms with E-state index >= 15 is 0 Å². The predicted octanol–water partition coefficient (Wildman–Crippen LogP) is 1.10. The lowest BCUT2D eigenvalue weighted by molar-refractivity contribution is -0.123. The molecule has 0 aromatic heterocycles. The van der Waals surface area contributed by atoms with E-state index in [1.807, 2.05) is 0 Å². The summed E-state index contributed by atoms with van der Waals surface area (Å²) in [4.78, 5) is 26.2. The number of piperidine rings is 1. The van der Waals surface area contributed by atoms with Crippen LogP contribution in [0, 0.1) is 11.8 Å². The van der Waals surface area contributed by atoms with Crippen LogP contribution >= 0.6 is 0 Å². The van der Waals surface area contributed by atoms with Crippen molar-refractivity contribution in [1.29, 1.82) is 0 Å². The number of hydrogen-bond acceptors (Lipinski definition) is 5.